The monoisotopic (exact) mass is 238 g/mol. The van der Waals surface area contributed by atoms with Crippen LogP contribution in [0.15, 0.2) is 12.1 Å². The fourth-order valence-corrected chi connectivity index (χ4v) is 1.68. The number of nitrogens with one attached hydrogen (secondary N) is 2. The molecule has 96 valence electrons. The summed E-state index contributed by atoms with van der Waals surface area (Å²) in [6.07, 6.45) is 0. The Morgan fingerprint density at radius 3 is 2.47 bits per heavy atom. The first kappa shape index (κ1) is 13.6. The zero-order valence-electron chi connectivity index (χ0n) is 11.1. The molecule has 0 atom stereocenters. The number of hydrogen-bond acceptors (Lipinski definition) is 4. The molecule has 0 saturated carbocycles. The summed E-state index contributed by atoms with van der Waals surface area (Å²) < 4.78 is 10.6. The zero-order chi connectivity index (χ0) is 12.7. The third-order valence-electron chi connectivity index (χ3n) is 2.58. The summed E-state index contributed by atoms with van der Waals surface area (Å²) in [5, 5.41) is 6.65. The minimum Gasteiger partial charge on any atom is -0.497 e. The Morgan fingerprint density at radius 2 is 1.88 bits per heavy atom. The number of rotatable bonds is 7. The van der Waals surface area contributed by atoms with Crippen molar-refractivity contribution in [3.05, 3.63) is 17.7 Å². The van der Waals surface area contributed by atoms with Crippen LogP contribution in [0.2, 0.25) is 0 Å². The molecule has 0 radical (unpaired) electrons. The molecule has 1 aromatic rings. The van der Waals surface area contributed by atoms with Gasteiger partial charge in [0.25, 0.3) is 0 Å². The van der Waals surface area contributed by atoms with E-state index >= 15 is 0 Å². The lowest BCUT2D eigenvalue weighted by Crippen LogP contribution is -2.22. The number of likely N-dealkylation sites (N-methyl/N-ethyl adjacent to an activating group) is 1. The first-order valence-electron chi connectivity index (χ1n) is 5.90. The molecule has 0 heterocycles. The Labute approximate surface area is 103 Å². The van der Waals surface area contributed by atoms with E-state index in [-0.39, 0.29) is 0 Å². The molecule has 1 rings (SSSR count). The molecule has 0 spiro atoms. The normalized spacial score (nSPS) is 10.1. The van der Waals surface area contributed by atoms with Gasteiger partial charge in [-0.15, -0.1) is 0 Å². The molecule has 0 amide bonds. The van der Waals surface area contributed by atoms with E-state index < -0.39 is 0 Å². The molecule has 1 aromatic carbocycles. The van der Waals surface area contributed by atoms with Gasteiger partial charge in [-0.1, -0.05) is 6.92 Å². The lowest BCUT2D eigenvalue weighted by Gasteiger charge is -2.15. The van der Waals surface area contributed by atoms with Crippen molar-refractivity contribution in [1.82, 2.24) is 5.32 Å². The van der Waals surface area contributed by atoms with Crippen molar-refractivity contribution >= 4 is 5.69 Å². The highest BCUT2D eigenvalue weighted by Gasteiger charge is 2.08. The van der Waals surface area contributed by atoms with Crippen LogP contribution in [0.25, 0.3) is 0 Å². The van der Waals surface area contributed by atoms with Gasteiger partial charge < -0.3 is 20.1 Å². The first-order valence-corrected chi connectivity index (χ1v) is 5.90. The first-order chi connectivity index (χ1) is 8.22. The summed E-state index contributed by atoms with van der Waals surface area (Å²) in [7, 11) is 3.33. The van der Waals surface area contributed by atoms with Gasteiger partial charge >= 0.3 is 0 Å². The van der Waals surface area contributed by atoms with Gasteiger partial charge in [0.2, 0.25) is 0 Å². The maximum absolute atomic E-state index is 5.36. The fourth-order valence-electron chi connectivity index (χ4n) is 1.68. The van der Waals surface area contributed by atoms with E-state index in [4.69, 9.17) is 9.47 Å². The Morgan fingerprint density at radius 1 is 1.12 bits per heavy atom. The third kappa shape index (κ3) is 3.82. The highest BCUT2D eigenvalue weighted by Crippen LogP contribution is 2.32. The predicted molar refractivity (Wildman–Crippen MR) is 71.3 cm³/mol. The van der Waals surface area contributed by atoms with Gasteiger partial charge in [-0.2, -0.15) is 0 Å². The Kier molecular flexibility index (Phi) is 5.63. The molecule has 0 aliphatic carbocycles. The van der Waals surface area contributed by atoms with E-state index in [0.717, 1.165) is 42.4 Å². The summed E-state index contributed by atoms with van der Waals surface area (Å²) in [6.45, 7) is 6.93. The molecule has 4 heteroatoms. The van der Waals surface area contributed by atoms with Crippen molar-refractivity contribution in [2.24, 2.45) is 0 Å². The summed E-state index contributed by atoms with van der Waals surface area (Å²) in [6, 6.07) is 3.89. The fraction of sp³-hybridized carbons (Fsp3) is 0.538. The second kappa shape index (κ2) is 7.01. The molecule has 2 N–H and O–H groups in total. The van der Waals surface area contributed by atoms with Crippen molar-refractivity contribution in [3.8, 4) is 11.5 Å². The largest absolute Gasteiger partial charge is 0.497 e. The molecule has 0 aliphatic rings. The molecule has 0 fully saturated rings. The topological polar surface area (TPSA) is 42.5 Å². The van der Waals surface area contributed by atoms with Crippen LogP contribution in [-0.4, -0.2) is 33.9 Å². The summed E-state index contributed by atoms with van der Waals surface area (Å²) in [5.74, 6) is 1.63. The summed E-state index contributed by atoms with van der Waals surface area (Å²) >= 11 is 0. The smallest absolute Gasteiger partial charge is 0.145 e. The molecule has 0 unspecified atom stereocenters. The molecular weight excluding hydrogens is 216 g/mol. The Hall–Kier alpha value is -1.42. The maximum Gasteiger partial charge on any atom is 0.145 e. The van der Waals surface area contributed by atoms with Gasteiger partial charge in [0.1, 0.15) is 11.5 Å². The highest BCUT2D eigenvalue weighted by molar-refractivity contribution is 5.64. The van der Waals surface area contributed by atoms with Crippen molar-refractivity contribution < 1.29 is 9.47 Å². The standard InChI is InChI=1S/C13H22N2O2/c1-5-14-6-7-15-13-10(2)8-11(16-3)9-12(13)17-4/h8-9,14-15H,5-7H2,1-4H3. The second-order valence-electron chi connectivity index (χ2n) is 3.80. The second-order valence-corrected chi connectivity index (χ2v) is 3.80. The summed E-state index contributed by atoms with van der Waals surface area (Å²) in [5.41, 5.74) is 2.16. The van der Waals surface area contributed by atoms with Gasteiger partial charge in [0.05, 0.1) is 19.9 Å². The van der Waals surface area contributed by atoms with Crippen molar-refractivity contribution in [3.63, 3.8) is 0 Å². The number of methoxy groups -OCH3 is 2. The van der Waals surface area contributed by atoms with Crippen LogP contribution in [0.4, 0.5) is 5.69 Å². The Bertz CT molecular complexity index is 354. The Balaban J connectivity index is 2.75. The van der Waals surface area contributed by atoms with Crippen molar-refractivity contribution in [2.75, 3.05) is 39.2 Å². The van der Waals surface area contributed by atoms with Crippen LogP contribution in [0.3, 0.4) is 0 Å². The molecule has 0 saturated heterocycles. The lowest BCUT2D eigenvalue weighted by molar-refractivity contribution is 0.395. The van der Waals surface area contributed by atoms with Gasteiger partial charge in [-0.05, 0) is 25.1 Å². The average Bonchev–Trinajstić information content (AvgIpc) is 2.35. The third-order valence-corrected chi connectivity index (χ3v) is 2.58. The molecule has 17 heavy (non-hydrogen) atoms. The molecule has 0 bridgehead atoms. The molecular formula is C13H22N2O2. The SMILES string of the molecule is CCNCCNc1c(C)cc(OC)cc1OC. The quantitative estimate of drug-likeness (QED) is 0.713. The van der Waals surface area contributed by atoms with Gasteiger partial charge in [0, 0.05) is 19.2 Å². The predicted octanol–water partition coefficient (Wildman–Crippen LogP) is 2.03. The van der Waals surface area contributed by atoms with E-state index in [0.29, 0.717) is 0 Å². The van der Waals surface area contributed by atoms with Crippen LogP contribution in [0.5, 0.6) is 11.5 Å². The highest BCUT2D eigenvalue weighted by atomic mass is 16.5. The number of aryl methyl sites for hydroxylation is 1. The minimum atomic E-state index is 0.816. The van der Waals surface area contributed by atoms with Crippen molar-refractivity contribution in [1.29, 1.82) is 0 Å². The number of anilines is 1. The lowest BCUT2D eigenvalue weighted by atomic mass is 10.1. The number of hydrogen-bond donors (Lipinski definition) is 2. The van der Waals surface area contributed by atoms with E-state index in [1.54, 1.807) is 14.2 Å². The number of benzene rings is 1. The van der Waals surface area contributed by atoms with Gasteiger partial charge in [0.15, 0.2) is 0 Å². The van der Waals surface area contributed by atoms with Crippen LogP contribution in [0.1, 0.15) is 12.5 Å². The number of ether oxygens (including phenoxy) is 2. The molecule has 0 aliphatic heterocycles. The van der Waals surface area contributed by atoms with E-state index in [2.05, 4.69) is 17.6 Å². The molecule has 0 aromatic heterocycles. The van der Waals surface area contributed by atoms with Crippen LogP contribution < -0.4 is 20.1 Å². The van der Waals surface area contributed by atoms with E-state index in [1.165, 1.54) is 0 Å². The van der Waals surface area contributed by atoms with Crippen molar-refractivity contribution in [2.45, 2.75) is 13.8 Å². The van der Waals surface area contributed by atoms with Crippen LogP contribution >= 0.6 is 0 Å². The van der Waals surface area contributed by atoms with Crippen LogP contribution in [-0.2, 0) is 0 Å². The van der Waals surface area contributed by atoms with E-state index in [9.17, 15) is 0 Å². The molecule has 4 nitrogen and oxygen atoms in total. The van der Waals surface area contributed by atoms with E-state index in [1.807, 2.05) is 19.1 Å². The summed E-state index contributed by atoms with van der Waals surface area (Å²) in [4.78, 5) is 0. The minimum absolute atomic E-state index is 0.816. The average molecular weight is 238 g/mol. The van der Waals surface area contributed by atoms with Crippen LogP contribution in [0, 0.1) is 6.92 Å². The van der Waals surface area contributed by atoms with Gasteiger partial charge in [-0.3, -0.25) is 0 Å². The maximum atomic E-state index is 5.36. The zero-order valence-corrected chi connectivity index (χ0v) is 11.1. The van der Waals surface area contributed by atoms with Gasteiger partial charge in [-0.25, -0.2) is 0 Å².